The first-order chi connectivity index (χ1) is 10.9. The molecule has 0 aromatic heterocycles. The van der Waals surface area contributed by atoms with E-state index in [0.717, 1.165) is 5.56 Å². The van der Waals surface area contributed by atoms with Crippen molar-refractivity contribution >= 4 is 6.09 Å². The first-order valence-corrected chi connectivity index (χ1v) is 7.30. The van der Waals surface area contributed by atoms with Crippen molar-refractivity contribution in [2.24, 2.45) is 5.73 Å². The van der Waals surface area contributed by atoms with Gasteiger partial charge in [0.05, 0.1) is 0 Å². The lowest BCUT2D eigenvalue weighted by Gasteiger charge is -2.25. The first-order valence-electron chi connectivity index (χ1n) is 7.30. The van der Waals surface area contributed by atoms with Crippen molar-refractivity contribution in [2.45, 2.75) is 32.5 Å². The standard InChI is InChI=1S/C18H20FNO3/c1-18(2,23-17(20)21)11-14-15(19)9-6-10-16(14)22-12-13-7-4-3-5-8-13/h3-10H,11-12H2,1-2H3,(H2,20,21). The highest BCUT2D eigenvalue weighted by Gasteiger charge is 2.26. The van der Waals surface area contributed by atoms with Crippen LogP contribution in [-0.4, -0.2) is 11.7 Å². The molecule has 1 amide bonds. The predicted octanol–water partition coefficient (Wildman–Crippen LogP) is 3.82. The molecule has 5 heteroatoms. The lowest BCUT2D eigenvalue weighted by atomic mass is 9.97. The Balaban J connectivity index is 2.17. The summed E-state index contributed by atoms with van der Waals surface area (Å²) in [5.74, 6) is 0.0201. The van der Waals surface area contributed by atoms with Gasteiger partial charge in [0, 0.05) is 12.0 Å². The van der Waals surface area contributed by atoms with E-state index < -0.39 is 17.5 Å². The summed E-state index contributed by atoms with van der Waals surface area (Å²) in [7, 11) is 0. The number of carbonyl (C=O) groups is 1. The average molecular weight is 317 g/mol. The maximum Gasteiger partial charge on any atom is 0.405 e. The van der Waals surface area contributed by atoms with Crippen LogP contribution < -0.4 is 10.5 Å². The molecule has 0 saturated carbocycles. The molecule has 0 aliphatic carbocycles. The largest absolute Gasteiger partial charge is 0.489 e. The molecule has 23 heavy (non-hydrogen) atoms. The highest BCUT2D eigenvalue weighted by Crippen LogP contribution is 2.28. The number of hydrogen-bond acceptors (Lipinski definition) is 3. The molecule has 0 unspecified atom stereocenters. The zero-order valence-electron chi connectivity index (χ0n) is 13.2. The van der Waals surface area contributed by atoms with Crippen LogP contribution in [0.2, 0.25) is 0 Å². The summed E-state index contributed by atoms with van der Waals surface area (Å²) in [6.45, 7) is 3.67. The van der Waals surface area contributed by atoms with Crippen molar-refractivity contribution < 1.29 is 18.7 Å². The third-order valence-corrected chi connectivity index (χ3v) is 3.29. The molecule has 0 aliphatic rings. The minimum atomic E-state index is -0.932. The topological polar surface area (TPSA) is 61.6 Å². The van der Waals surface area contributed by atoms with Gasteiger partial charge in [-0.05, 0) is 31.5 Å². The molecular weight excluding hydrogens is 297 g/mol. The van der Waals surface area contributed by atoms with Gasteiger partial charge in [0.1, 0.15) is 23.8 Å². The third kappa shape index (κ3) is 4.98. The summed E-state index contributed by atoms with van der Waals surface area (Å²) < 4.78 is 25.0. The molecule has 0 bridgehead atoms. The van der Waals surface area contributed by atoms with Gasteiger partial charge in [-0.3, -0.25) is 0 Å². The number of rotatable bonds is 6. The first kappa shape index (κ1) is 16.8. The number of benzene rings is 2. The number of ether oxygens (including phenoxy) is 2. The molecule has 4 nitrogen and oxygen atoms in total. The summed E-state index contributed by atoms with van der Waals surface area (Å²) in [6, 6.07) is 14.2. The van der Waals surface area contributed by atoms with Crippen molar-refractivity contribution in [1.29, 1.82) is 0 Å². The third-order valence-electron chi connectivity index (χ3n) is 3.29. The Morgan fingerprint density at radius 1 is 1.13 bits per heavy atom. The van der Waals surface area contributed by atoms with Crippen LogP contribution >= 0.6 is 0 Å². The van der Waals surface area contributed by atoms with Gasteiger partial charge in [-0.2, -0.15) is 0 Å². The van der Waals surface area contributed by atoms with Crippen molar-refractivity contribution in [2.75, 3.05) is 0 Å². The fraction of sp³-hybridized carbons (Fsp3) is 0.278. The average Bonchev–Trinajstić information content (AvgIpc) is 2.47. The fourth-order valence-corrected chi connectivity index (χ4v) is 2.32. The monoisotopic (exact) mass is 317 g/mol. The Morgan fingerprint density at radius 3 is 2.48 bits per heavy atom. The van der Waals surface area contributed by atoms with Crippen LogP contribution in [0.3, 0.4) is 0 Å². The number of amides is 1. The zero-order chi connectivity index (χ0) is 16.9. The summed E-state index contributed by atoms with van der Waals surface area (Å²) in [4.78, 5) is 11.0. The van der Waals surface area contributed by atoms with Gasteiger partial charge in [-0.15, -0.1) is 0 Å². The Bertz CT molecular complexity index is 671. The molecule has 2 aromatic carbocycles. The number of hydrogen-bond donors (Lipinski definition) is 1. The van der Waals surface area contributed by atoms with Gasteiger partial charge in [-0.25, -0.2) is 9.18 Å². The second-order valence-corrected chi connectivity index (χ2v) is 5.85. The van der Waals surface area contributed by atoms with Crippen molar-refractivity contribution in [3.63, 3.8) is 0 Å². The molecular formula is C18H20FNO3. The molecule has 0 radical (unpaired) electrons. The van der Waals surface area contributed by atoms with E-state index in [2.05, 4.69) is 0 Å². The quantitative estimate of drug-likeness (QED) is 0.881. The van der Waals surface area contributed by atoms with Gasteiger partial charge >= 0.3 is 6.09 Å². The minimum Gasteiger partial charge on any atom is -0.489 e. The van der Waals surface area contributed by atoms with Crippen LogP contribution in [0.15, 0.2) is 48.5 Å². The maximum absolute atomic E-state index is 14.2. The lowest BCUT2D eigenvalue weighted by molar-refractivity contribution is 0.0447. The van der Waals surface area contributed by atoms with E-state index in [1.165, 1.54) is 6.07 Å². The molecule has 0 atom stereocenters. The SMILES string of the molecule is CC(C)(Cc1c(F)cccc1OCc1ccccc1)OC(N)=O. The normalized spacial score (nSPS) is 11.1. The second-order valence-electron chi connectivity index (χ2n) is 5.85. The highest BCUT2D eigenvalue weighted by molar-refractivity contribution is 5.65. The van der Waals surface area contributed by atoms with Crippen molar-refractivity contribution in [1.82, 2.24) is 0 Å². The molecule has 2 rings (SSSR count). The van der Waals surface area contributed by atoms with Gasteiger partial charge in [0.2, 0.25) is 0 Å². The van der Waals surface area contributed by atoms with E-state index in [1.807, 2.05) is 30.3 Å². The second kappa shape index (κ2) is 7.13. The van der Waals surface area contributed by atoms with Crippen LogP contribution in [0.25, 0.3) is 0 Å². The highest BCUT2D eigenvalue weighted by atomic mass is 19.1. The summed E-state index contributed by atoms with van der Waals surface area (Å²) in [5.41, 5.74) is 5.46. The Kier molecular flexibility index (Phi) is 5.21. The van der Waals surface area contributed by atoms with Crippen LogP contribution in [0, 0.1) is 5.82 Å². The smallest absolute Gasteiger partial charge is 0.405 e. The molecule has 122 valence electrons. The number of nitrogens with two attached hydrogens (primary N) is 1. The Hall–Kier alpha value is -2.56. The molecule has 2 aromatic rings. The van der Waals surface area contributed by atoms with Gasteiger partial charge < -0.3 is 15.2 Å². The summed E-state index contributed by atoms with van der Waals surface area (Å²) in [5, 5.41) is 0. The van der Waals surface area contributed by atoms with Gasteiger partial charge in [0.15, 0.2) is 0 Å². The van der Waals surface area contributed by atoms with E-state index in [9.17, 15) is 9.18 Å². The molecule has 2 N–H and O–H groups in total. The predicted molar refractivity (Wildman–Crippen MR) is 85.6 cm³/mol. The van der Waals surface area contributed by atoms with Gasteiger partial charge in [-0.1, -0.05) is 36.4 Å². The van der Waals surface area contributed by atoms with Crippen molar-refractivity contribution in [3.05, 3.63) is 65.5 Å². The molecule has 0 heterocycles. The van der Waals surface area contributed by atoms with Crippen molar-refractivity contribution in [3.8, 4) is 5.75 Å². The number of carbonyl (C=O) groups excluding carboxylic acids is 1. The Morgan fingerprint density at radius 2 is 1.83 bits per heavy atom. The van der Waals surface area contributed by atoms with E-state index in [4.69, 9.17) is 15.2 Å². The van der Waals surface area contributed by atoms with E-state index in [-0.39, 0.29) is 6.42 Å². The van der Waals surface area contributed by atoms with Crippen LogP contribution in [-0.2, 0) is 17.8 Å². The van der Waals surface area contributed by atoms with Crippen LogP contribution in [0.5, 0.6) is 5.75 Å². The number of primary amides is 1. The molecule has 0 fully saturated rings. The summed E-state index contributed by atoms with van der Waals surface area (Å²) in [6.07, 6.45) is -0.731. The molecule has 0 saturated heterocycles. The molecule has 0 spiro atoms. The summed E-state index contributed by atoms with van der Waals surface area (Å²) >= 11 is 0. The van der Waals surface area contributed by atoms with Crippen LogP contribution in [0.1, 0.15) is 25.0 Å². The van der Waals surface area contributed by atoms with E-state index in [0.29, 0.717) is 17.9 Å². The van der Waals surface area contributed by atoms with Crippen LogP contribution in [0.4, 0.5) is 9.18 Å². The van der Waals surface area contributed by atoms with E-state index >= 15 is 0 Å². The van der Waals surface area contributed by atoms with E-state index in [1.54, 1.807) is 26.0 Å². The van der Waals surface area contributed by atoms with Gasteiger partial charge in [0.25, 0.3) is 0 Å². The molecule has 0 aliphatic heterocycles. The minimum absolute atomic E-state index is 0.159. The zero-order valence-corrected chi connectivity index (χ0v) is 13.2. The fourth-order valence-electron chi connectivity index (χ4n) is 2.32. The lowest BCUT2D eigenvalue weighted by Crippen LogP contribution is -2.33. The maximum atomic E-state index is 14.2. The Labute approximate surface area is 135 Å². The number of halogens is 1.